The molecule has 0 saturated carbocycles. The Morgan fingerprint density at radius 1 is 1.35 bits per heavy atom. The maximum absolute atomic E-state index is 12.5. The van der Waals surface area contributed by atoms with E-state index in [0.717, 1.165) is 0 Å². The zero-order chi connectivity index (χ0) is 12.6. The van der Waals surface area contributed by atoms with E-state index in [4.69, 9.17) is 11.6 Å². The fourth-order valence-corrected chi connectivity index (χ4v) is 3.60. The van der Waals surface area contributed by atoms with Gasteiger partial charge in [-0.3, -0.25) is 9.00 Å². The van der Waals surface area contributed by atoms with Crippen molar-refractivity contribution in [2.75, 3.05) is 13.6 Å². The lowest BCUT2D eigenvalue weighted by Gasteiger charge is -2.21. The van der Waals surface area contributed by atoms with Crippen LogP contribution >= 0.6 is 11.6 Å². The maximum Gasteiger partial charge on any atom is 0.241 e. The minimum atomic E-state index is -1.33. The van der Waals surface area contributed by atoms with Crippen molar-refractivity contribution in [1.29, 1.82) is 0 Å². The Bertz CT molecular complexity index is 474. The number of benzene rings is 1. The Balaban J connectivity index is 2.32. The van der Waals surface area contributed by atoms with E-state index in [1.54, 1.807) is 43.1 Å². The first-order chi connectivity index (χ1) is 7.95. The summed E-state index contributed by atoms with van der Waals surface area (Å²) in [7, 11) is 0.409. The third-order valence-corrected chi connectivity index (χ3v) is 5.31. The molecule has 0 radical (unpaired) electrons. The summed E-state index contributed by atoms with van der Waals surface area (Å²) in [5.74, 6) is -0.0502. The van der Waals surface area contributed by atoms with Crippen LogP contribution in [0.15, 0.2) is 29.2 Å². The second kappa shape index (κ2) is 4.42. The van der Waals surface area contributed by atoms with Gasteiger partial charge in [-0.15, -0.1) is 0 Å². The van der Waals surface area contributed by atoms with Gasteiger partial charge in [0.15, 0.2) is 0 Å². The molecule has 1 fully saturated rings. The van der Waals surface area contributed by atoms with E-state index >= 15 is 0 Å². The van der Waals surface area contributed by atoms with E-state index in [2.05, 4.69) is 0 Å². The van der Waals surface area contributed by atoms with E-state index in [1.807, 2.05) is 0 Å². The third kappa shape index (κ3) is 2.11. The highest BCUT2D eigenvalue weighted by atomic mass is 35.5. The van der Waals surface area contributed by atoms with Crippen molar-refractivity contribution in [3.05, 3.63) is 29.3 Å². The van der Waals surface area contributed by atoms with E-state index in [-0.39, 0.29) is 5.91 Å². The number of carbonyl (C=O) groups is 1. The summed E-state index contributed by atoms with van der Waals surface area (Å²) in [5.41, 5.74) is 0. The van der Waals surface area contributed by atoms with Gasteiger partial charge in [0.2, 0.25) is 5.91 Å². The minimum Gasteiger partial charge on any atom is -0.344 e. The van der Waals surface area contributed by atoms with Crippen LogP contribution in [0.2, 0.25) is 5.02 Å². The predicted octanol–water partition coefficient (Wildman–Crippen LogP) is 2.07. The summed E-state index contributed by atoms with van der Waals surface area (Å²) in [6.07, 6.45) is 0.623. The van der Waals surface area contributed by atoms with Crippen molar-refractivity contribution < 1.29 is 9.00 Å². The van der Waals surface area contributed by atoms with Gasteiger partial charge < -0.3 is 4.90 Å². The summed E-state index contributed by atoms with van der Waals surface area (Å²) in [6.45, 7) is 2.43. The highest BCUT2D eigenvalue weighted by Crippen LogP contribution is 2.32. The van der Waals surface area contributed by atoms with Crippen molar-refractivity contribution in [3.8, 4) is 0 Å². The maximum atomic E-state index is 12.5. The highest BCUT2D eigenvalue weighted by Gasteiger charge is 2.46. The Hall–Kier alpha value is -0.870. The SMILES string of the molecule is CN1CCC(C)(S(=O)c2ccc(Cl)cc2)C1=O. The number of rotatable bonds is 2. The number of halogens is 1. The average molecular weight is 272 g/mol. The van der Waals surface area contributed by atoms with Gasteiger partial charge in [-0.1, -0.05) is 11.6 Å². The van der Waals surface area contributed by atoms with Crippen LogP contribution in [-0.4, -0.2) is 33.4 Å². The van der Waals surface area contributed by atoms with Crippen LogP contribution in [0.4, 0.5) is 0 Å². The van der Waals surface area contributed by atoms with E-state index < -0.39 is 15.5 Å². The van der Waals surface area contributed by atoms with Gasteiger partial charge in [0.25, 0.3) is 0 Å². The lowest BCUT2D eigenvalue weighted by atomic mass is 10.1. The Kier molecular flexibility index (Phi) is 3.27. The molecule has 0 bridgehead atoms. The lowest BCUT2D eigenvalue weighted by Crippen LogP contribution is -2.39. The highest BCUT2D eigenvalue weighted by molar-refractivity contribution is 7.87. The molecule has 2 unspecified atom stereocenters. The minimum absolute atomic E-state index is 0.0502. The molecular weight excluding hydrogens is 258 g/mol. The largest absolute Gasteiger partial charge is 0.344 e. The van der Waals surface area contributed by atoms with Gasteiger partial charge in [-0.05, 0) is 37.6 Å². The quantitative estimate of drug-likeness (QED) is 0.826. The summed E-state index contributed by atoms with van der Waals surface area (Å²) in [6, 6.07) is 6.83. The molecule has 1 aromatic rings. The Morgan fingerprint density at radius 3 is 2.41 bits per heavy atom. The fraction of sp³-hybridized carbons (Fsp3) is 0.417. The van der Waals surface area contributed by atoms with Gasteiger partial charge in [-0.2, -0.15) is 0 Å². The normalized spacial score (nSPS) is 26.3. The van der Waals surface area contributed by atoms with Gasteiger partial charge in [0.1, 0.15) is 4.75 Å². The molecule has 0 aliphatic carbocycles. The molecule has 2 rings (SSSR count). The molecule has 1 saturated heterocycles. The van der Waals surface area contributed by atoms with Crippen LogP contribution in [0, 0.1) is 0 Å². The summed E-state index contributed by atoms with van der Waals surface area (Å²) < 4.78 is 11.7. The first-order valence-electron chi connectivity index (χ1n) is 5.38. The van der Waals surface area contributed by atoms with Crippen molar-refractivity contribution >= 4 is 28.3 Å². The molecule has 1 amide bonds. The summed E-state index contributed by atoms with van der Waals surface area (Å²) in [5, 5.41) is 0.603. The zero-order valence-electron chi connectivity index (χ0n) is 9.77. The molecule has 0 N–H and O–H groups in total. The smallest absolute Gasteiger partial charge is 0.241 e. The second-order valence-electron chi connectivity index (χ2n) is 4.43. The average Bonchev–Trinajstić information content (AvgIpc) is 2.59. The zero-order valence-corrected chi connectivity index (χ0v) is 11.3. The van der Waals surface area contributed by atoms with Gasteiger partial charge in [-0.25, -0.2) is 0 Å². The van der Waals surface area contributed by atoms with Gasteiger partial charge in [0.05, 0.1) is 10.8 Å². The molecule has 3 nitrogen and oxygen atoms in total. The van der Waals surface area contributed by atoms with Crippen molar-refractivity contribution in [1.82, 2.24) is 4.90 Å². The van der Waals surface area contributed by atoms with Crippen LogP contribution in [0.1, 0.15) is 13.3 Å². The van der Waals surface area contributed by atoms with Crippen LogP contribution < -0.4 is 0 Å². The molecular formula is C12H14ClNO2S. The third-order valence-electron chi connectivity index (χ3n) is 3.16. The van der Waals surface area contributed by atoms with Crippen molar-refractivity contribution in [2.24, 2.45) is 0 Å². The molecule has 92 valence electrons. The van der Waals surface area contributed by atoms with Crippen LogP contribution in [0.25, 0.3) is 0 Å². The molecule has 17 heavy (non-hydrogen) atoms. The molecule has 0 spiro atoms. The van der Waals surface area contributed by atoms with Crippen LogP contribution in [0.3, 0.4) is 0 Å². The summed E-state index contributed by atoms with van der Waals surface area (Å²) >= 11 is 5.79. The topological polar surface area (TPSA) is 37.4 Å². The number of hydrogen-bond donors (Lipinski definition) is 0. The van der Waals surface area contributed by atoms with Crippen molar-refractivity contribution in [2.45, 2.75) is 23.0 Å². The van der Waals surface area contributed by atoms with E-state index in [0.29, 0.717) is 22.9 Å². The molecule has 1 aliphatic rings. The first-order valence-corrected chi connectivity index (χ1v) is 6.91. The van der Waals surface area contributed by atoms with Crippen LogP contribution in [-0.2, 0) is 15.6 Å². The fourth-order valence-electron chi connectivity index (χ4n) is 1.98. The predicted molar refractivity (Wildman–Crippen MR) is 68.5 cm³/mol. The number of likely N-dealkylation sites (tertiary alicyclic amines) is 1. The van der Waals surface area contributed by atoms with Crippen LogP contribution in [0.5, 0.6) is 0 Å². The molecule has 0 aromatic heterocycles. The van der Waals surface area contributed by atoms with E-state index in [1.165, 1.54) is 0 Å². The standard InChI is InChI=1S/C12H14ClNO2S/c1-12(7-8-14(2)11(12)15)17(16)10-5-3-9(13)4-6-10/h3-6H,7-8H2,1-2H3. The van der Waals surface area contributed by atoms with Crippen molar-refractivity contribution in [3.63, 3.8) is 0 Å². The van der Waals surface area contributed by atoms with Gasteiger partial charge in [0, 0.05) is 23.5 Å². The second-order valence-corrected chi connectivity index (χ2v) is 6.78. The molecule has 1 heterocycles. The molecule has 1 aromatic carbocycles. The monoisotopic (exact) mass is 271 g/mol. The first kappa shape index (κ1) is 12.6. The number of carbonyl (C=O) groups excluding carboxylic acids is 1. The number of hydrogen-bond acceptors (Lipinski definition) is 2. The molecule has 5 heteroatoms. The molecule has 1 aliphatic heterocycles. The van der Waals surface area contributed by atoms with E-state index in [9.17, 15) is 9.00 Å². The van der Waals surface area contributed by atoms with Gasteiger partial charge >= 0.3 is 0 Å². The number of nitrogens with zero attached hydrogens (tertiary/aromatic N) is 1. The lowest BCUT2D eigenvalue weighted by molar-refractivity contribution is -0.128. The molecule has 2 atom stereocenters. The Morgan fingerprint density at radius 2 is 1.94 bits per heavy atom. The number of amides is 1. The summed E-state index contributed by atoms with van der Waals surface area (Å²) in [4.78, 5) is 14.3. The Labute approximate surface area is 108 Å².